The zero-order valence-electron chi connectivity index (χ0n) is 15.1. The molecule has 4 aromatic rings. The van der Waals surface area contributed by atoms with Crippen molar-refractivity contribution in [3.05, 3.63) is 75.8 Å². The molecule has 28 heavy (non-hydrogen) atoms. The fraction of sp³-hybridized carbons (Fsp3) is 0.150. The standard InChI is InChI=1S/C20H18ClN5O2/c1-28-16-7-3-6-15(11-16)26-18-17(24-20(26)27)12-23-19(25-18)22-9-8-13-4-2-5-14(21)10-13/h2-7,10-12H,8-9H2,1H3,(H,24,27)(H,22,23,25). The summed E-state index contributed by atoms with van der Waals surface area (Å²) in [5.74, 6) is 1.11. The number of anilines is 1. The summed E-state index contributed by atoms with van der Waals surface area (Å²) in [6, 6.07) is 15.0. The predicted molar refractivity (Wildman–Crippen MR) is 110 cm³/mol. The quantitative estimate of drug-likeness (QED) is 0.522. The maximum absolute atomic E-state index is 12.4. The van der Waals surface area contributed by atoms with Crippen LogP contribution in [0.15, 0.2) is 59.5 Å². The minimum absolute atomic E-state index is 0.284. The molecule has 4 rings (SSSR count). The van der Waals surface area contributed by atoms with Gasteiger partial charge >= 0.3 is 5.69 Å². The molecule has 0 bridgehead atoms. The Hall–Kier alpha value is -3.32. The number of benzene rings is 2. The van der Waals surface area contributed by atoms with E-state index in [1.165, 1.54) is 4.57 Å². The summed E-state index contributed by atoms with van der Waals surface area (Å²) in [6.45, 7) is 0.639. The second-order valence-corrected chi connectivity index (χ2v) is 6.64. The van der Waals surface area contributed by atoms with Gasteiger partial charge in [0.1, 0.15) is 11.3 Å². The first-order valence-corrected chi connectivity index (χ1v) is 9.12. The molecule has 2 aromatic heterocycles. The van der Waals surface area contributed by atoms with Crippen LogP contribution < -0.4 is 15.7 Å². The van der Waals surface area contributed by atoms with Crippen molar-refractivity contribution in [2.45, 2.75) is 6.42 Å². The second kappa shape index (κ2) is 7.74. The molecule has 2 N–H and O–H groups in total. The Morgan fingerprint density at radius 1 is 1.21 bits per heavy atom. The maximum atomic E-state index is 12.4. The Kier molecular flexibility index (Phi) is 4.99. The number of ether oxygens (including phenoxy) is 1. The van der Waals surface area contributed by atoms with Crippen LogP contribution in [-0.4, -0.2) is 33.2 Å². The number of imidazole rings is 1. The highest BCUT2D eigenvalue weighted by Gasteiger charge is 2.12. The van der Waals surface area contributed by atoms with E-state index in [0.29, 0.717) is 40.1 Å². The number of aromatic nitrogens is 4. The van der Waals surface area contributed by atoms with Gasteiger partial charge in [0.15, 0.2) is 5.65 Å². The summed E-state index contributed by atoms with van der Waals surface area (Å²) in [5.41, 5.74) is 2.57. The predicted octanol–water partition coefficient (Wildman–Crippen LogP) is 3.43. The van der Waals surface area contributed by atoms with Gasteiger partial charge in [-0.25, -0.2) is 14.3 Å². The van der Waals surface area contributed by atoms with Crippen LogP contribution in [-0.2, 0) is 6.42 Å². The monoisotopic (exact) mass is 395 g/mol. The van der Waals surface area contributed by atoms with Crippen LogP contribution in [0.4, 0.5) is 5.95 Å². The SMILES string of the molecule is COc1cccc(-n2c(=O)[nH]c3cnc(NCCc4cccc(Cl)c4)nc32)c1. The Morgan fingerprint density at radius 2 is 2.07 bits per heavy atom. The number of H-pyrrole nitrogens is 1. The van der Waals surface area contributed by atoms with Crippen molar-refractivity contribution in [3.63, 3.8) is 0 Å². The third-order valence-electron chi connectivity index (χ3n) is 4.32. The summed E-state index contributed by atoms with van der Waals surface area (Å²) in [7, 11) is 1.58. The maximum Gasteiger partial charge on any atom is 0.332 e. The molecule has 0 saturated heterocycles. The summed E-state index contributed by atoms with van der Waals surface area (Å²) in [4.78, 5) is 24.0. The van der Waals surface area contributed by atoms with E-state index in [9.17, 15) is 4.79 Å². The molecule has 0 aliphatic rings. The van der Waals surface area contributed by atoms with Gasteiger partial charge in [-0.2, -0.15) is 4.98 Å². The minimum atomic E-state index is -0.284. The van der Waals surface area contributed by atoms with E-state index < -0.39 is 0 Å². The van der Waals surface area contributed by atoms with Gasteiger partial charge in [0.25, 0.3) is 0 Å². The van der Waals surface area contributed by atoms with Crippen LogP contribution in [0.25, 0.3) is 16.9 Å². The molecule has 0 amide bonds. The van der Waals surface area contributed by atoms with Crippen molar-refractivity contribution in [2.75, 3.05) is 19.0 Å². The van der Waals surface area contributed by atoms with Crippen molar-refractivity contribution < 1.29 is 4.74 Å². The van der Waals surface area contributed by atoms with Gasteiger partial charge in [-0.1, -0.05) is 29.8 Å². The first kappa shape index (κ1) is 18.1. The number of rotatable bonds is 6. The molecule has 7 nitrogen and oxygen atoms in total. The van der Waals surface area contributed by atoms with Crippen molar-refractivity contribution in [1.29, 1.82) is 0 Å². The highest BCUT2D eigenvalue weighted by Crippen LogP contribution is 2.19. The van der Waals surface area contributed by atoms with Gasteiger partial charge in [-0.15, -0.1) is 0 Å². The molecule has 2 heterocycles. The highest BCUT2D eigenvalue weighted by atomic mass is 35.5. The summed E-state index contributed by atoms with van der Waals surface area (Å²) < 4.78 is 6.75. The van der Waals surface area contributed by atoms with E-state index in [4.69, 9.17) is 16.3 Å². The van der Waals surface area contributed by atoms with Gasteiger partial charge < -0.3 is 15.0 Å². The summed E-state index contributed by atoms with van der Waals surface area (Å²) in [5, 5.41) is 3.91. The van der Waals surface area contributed by atoms with Crippen LogP contribution in [0.2, 0.25) is 5.02 Å². The fourth-order valence-electron chi connectivity index (χ4n) is 2.98. The number of nitrogens with zero attached hydrogens (tertiary/aromatic N) is 3. The Balaban J connectivity index is 1.60. The first-order chi connectivity index (χ1) is 13.6. The molecular weight excluding hydrogens is 378 g/mol. The molecule has 2 aromatic carbocycles. The van der Waals surface area contributed by atoms with Crippen molar-refractivity contribution >= 4 is 28.7 Å². The molecule has 0 atom stereocenters. The van der Waals surface area contributed by atoms with Crippen LogP contribution >= 0.6 is 11.6 Å². The lowest BCUT2D eigenvalue weighted by molar-refractivity contribution is 0.414. The molecule has 142 valence electrons. The number of halogens is 1. The fourth-order valence-corrected chi connectivity index (χ4v) is 3.20. The minimum Gasteiger partial charge on any atom is -0.497 e. The van der Waals surface area contributed by atoms with E-state index >= 15 is 0 Å². The lowest BCUT2D eigenvalue weighted by atomic mass is 10.1. The lowest BCUT2D eigenvalue weighted by Gasteiger charge is -2.07. The third kappa shape index (κ3) is 3.70. The summed E-state index contributed by atoms with van der Waals surface area (Å²) >= 11 is 6.02. The van der Waals surface area contributed by atoms with Gasteiger partial charge in [-0.05, 0) is 36.2 Å². The summed E-state index contributed by atoms with van der Waals surface area (Å²) in [6.07, 6.45) is 2.37. The number of methoxy groups -OCH3 is 1. The zero-order chi connectivity index (χ0) is 19.5. The normalized spacial score (nSPS) is 10.9. The molecule has 0 aliphatic carbocycles. The van der Waals surface area contributed by atoms with Crippen LogP contribution in [0.1, 0.15) is 5.56 Å². The number of hydrogen-bond acceptors (Lipinski definition) is 5. The topological polar surface area (TPSA) is 84.8 Å². The number of fused-ring (bicyclic) bond motifs is 1. The first-order valence-electron chi connectivity index (χ1n) is 8.74. The molecule has 8 heteroatoms. The van der Waals surface area contributed by atoms with Gasteiger partial charge in [0.2, 0.25) is 5.95 Å². The number of nitrogens with one attached hydrogen (secondary N) is 2. The largest absolute Gasteiger partial charge is 0.497 e. The van der Waals surface area contributed by atoms with E-state index in [-0.39, 0.29) is 5.69 Å². The smallest absolute Gasteiger partial charge is 0.332 e. The molecule has 0 unspecified atom stereocenters. The van der Waals surface area contributed by atoms with E-state index in [1.807, 2.05) is 42.5 Å². The molecule has 0 saturated carbocycles. The average Bonchev–Trinajstić information content (AvgIpc) is 3.03. The van der Waals surface area contributed by atoms with Crippen molar-refractivity contribution in [2.24, 2.45) is 0 Å². The molecule has 0 radical (unpaired) electrons. The Labute approximate surface area is 166 Å². The van der Waals surface area contributed by atoms with Crippen LogP contribution in [0.5, 0.6) is 5.75 Å². The Bertz CT molecular complexity index is 1180. The van der Waals surface area contributed by atoms with Gasteiger partial charge in [-0.3, -0.25) is 0 Å². The molecule has 0 spiro atoms. The van der Waals surface area contributed by atoms with Crippen LogP contribution in [0, 0.1) is 0 Å². The lowest BCUT2D eigenvalue weighted by Crippen LogP contribution is -2.15. The molecular formula is C20H18ClN5O2. The van der Waals surface area contributed by atoms with E-state index in [2.05, 4.69) is 20.3 Å². The van der Waals surface area contributed by atoms with E-state index in [1.54, 1.807) is 19.4 Å². The van der Waals surface area contributed by atoms with Crippen LogP contribution in [0.3, 0.4) is 0 Å². The van der Waals surface area contributed by atoms with E-state index in [0.717, 1.165) is 12.0 Å². The Morgan fingerprint density at radius 3 is 2.89 bits per heavy atom. The number of hydrogen-bond donors (Lipinski definition) is 2. The van der Waals surface area contributed by atoms with Gasteiger partial charge in [0, 0.05) is 17.6 Å². The molecule has 0 fully saturated rings. The number of aromatic amines is 1. The van der Waals surface area contributed by atoms with Crippen molar-refractivity contribution in [3.8, 4) is 11.4 Å². The highest BCUT2D eigenvalue weighted by molar-refractivity contribution is 6.30. The third-order valence-corrected chi connectivity index (χ3v) is 4.56. The van der Waals surface area contributed by atoms with Gasteiger partial charge in [0.05, 0.1) is 19.0 Å². The van der Waals surface area contributed by atoms with Crippen molar-refractivity contribution in [1.82, 2.24) is 19.5 Å². The second-order valence-electron chi connectivity index (χ2n) is 6.20. The molecule has 0 aliphatic heterocycles. The zero-order valence-corrected chi connectivity index (χ0v) is 15.9. The average molecular weight is 396 g/mol.